The number of carbonyl (C=O) groups is 1. The fourth-order valence-corrected chi connectivity index (χ4v) is 1.92. The first-order valence-electron chi connectivity index (χ1n) is 4.84. The van der Waals surface area contributed by atoms with Crippen LogP contribution in [0, 0.1) is 0 Å². The zero-order valence-corrected chi connectivity index (χ0v) is 9.60. The summed E-state index contributed by atoms with van der Waals surface area (Å²) in [6.45, 7) is 1.79. The van der Waals surface area contributed by atoms with Gasteiger partial charge in [-0.3, -0.25) is 4.79 Å². The van der Waals surface area contributed by atoms with Gasteiger partial charge in [-0.05, 0) is 18.6 Å². The second kappa shape index (κ2) is 6.55. The van der Waals surface area contributed by atoms with Crippen molar-refractivity contribution in [3.8, 4) is 0 Å². The lowest BCUT2D eigenvalue weighted by Crippen LogP contribution is -2.24. The molecule has 0 fully saturated rings. The highest BCUT2D eigenvalue weighted by Gasteiger charge is 2.07. The predicted molar refractivity (Wildman–Crippen MR) is 61.0 cm³/mol. The van der Waals surface area contributed by atoms with Crippen LogP contribution >= 0.6 is 11.3 Å². The fourth-order valence-electron chi connectivity index (χ4n) is 1.12. The number of amides is 1. The molecule has 1 aromatic rings. The zero-order valence-electron chi connectivity index (χ0n) is 8.79. The molecule has 0 atom stereocenters. The summed E-state index contributed by atoms with van der Waals surface area (Å²) in [5, 5.41) is 2.82. The van der Waals surface area contributed by atoms with E-state index in [-0.39, 0.29) is 5.91 Å². The van der Waals surface area contributed by atoms with Gasteiger partial charge in [0, 0.05) is 31.7 Å². The Bertz CT molecular complexity index is 312. The van der Waals surface area contributed by atoms with Crippen molar-refractivity contribution in [2.75, 3.05) is 20.3 Å². The molecule has 0 bridgehead atoms. The number of thiophene rings is 1. The molecular weight excluding hydrogens is 212 g/mol. The molecular formula is C10H16N2O2S. The number of ether oxygens (including phenoxy) is 1. The van der Waals surface area contributed by atoms with E-state index in [0.29, 0.717) is 24.6 Å². The van der Waals surface area contributed by atoms with Gasteiger partial charge in [-0.2, -0.15) is 0 Å². The Balaban J connectivity index is 2.33. The van der Waals surface area contributed by atoms with E-state index >= 15 is 0 Å². The molecule has 1 rings (SSSR count). The van der Waals surface area contributed by atoms with E-state index in [4.69, 9.17) is 10.5 Å². The van der Waals surface area contributed by atoms with Gasteiger partial charge in [-0.1, -0.05) is 0 Å². The number of rotatable bonds is 6. The molecule has 0 unspecified atom stereocenters. The third kappa shape index (κ3) is 3.99. The van der Waals surface area contributed by atoms with Crippen LogP contribution in [0.5, 0.6) is 0 Å². The van der Waals surface area contributed by atoms with E-state index < -0.39 is 0 Å². The molecule has 0 aliphatic rings. The van der Waals surface area contributed by atoms with Gasteiger partial charge in [-0.25, -0.2) is 0 Å². The van der Waals surface area contributed by atoms with E-state index in [1.807, 2.05) is 6.07 Å². The van der Waals surface area contributed by atoms with Crippen LogP contribution in [0.3, 0.4) is 0 Å². The van der Waals surface area contributed by atoms with Gasteiger partial charge >= 0.3 is 0 Å². The molecule has 0 saturated carbocycles. The van der Waals surface area contributed by atoms with Crippen molar-refractivity contribution in [2.45, 2.75) is 13.0 Å². The molecule has 3 N–H and O–H groups in total. The van der Waals surface area contributed by atoms with Crippen LogP contribution in [-0.4, -0.2) is 26.2 Å². The summed E-state index contributed by atoms with van der Waals surface area (Å²) in [7, 11) is 1.65. The number of nitrogens with two attached hydrogens (primary N) is 1. The minimum atomic E-state index is -0.0317. The van der Waals surface area contributed by atoms with Gasteiger partial charge in [0.2, 0.25) is 0 Å². The normalized spacial score (nSPS) is 10.3. The van der Waals surface area contributed by atoms with Crippen LogP contribution < -0.4 is 11.1 Å². The fraction of sp³-hybridized carbons (Fsp3) is 0.500. The molecule has 1 amide bonds. The smallest absolute Gasteiger partial charge is 0.261 e. The molecule has 0 saturated heterocycles. The van der Waals surface area contributed by atoms with Crippen molar-refractivity contribution >= 4 is 17.2 Å². The summed E-state index contributed by atoms with van der Waals surface area (Å²) in [6.07, 6.45) is 0.831. The third-order valence-corrected chi connectivity index (χ3v) is 3.00. The van der Waals surface area contributed by atoms with E-state index in [9.17, 15) is 4.79 Å². The van der Waals surface area contributed by atoms with Gasteiger partial charge in [-0.15, -0.1) is 11.3 Å². The lowest BCUT2D eigenvalue weighted by Gasteiger charge is -2.02. The summed E-state index contributed by atoms with van der Waals surface area (Å²) in [5.41, 5.74) is 5.47. The van der Waals surface area contributed by atoms with E-state index in [1.165, 1.54) is 11.3 Å². The van der Waals surface area contributed by atoms with Crippen molar-refractivity contribution in [3.63, 3.8) is 0 Å². The number of hydrogen-bond acceptors (Lipinski definition) is 4. The molecule has 5 heteroatoms. The van der Waals surface area contributed by atoms with E-state index in [0.717, 1.165) is 11.3 Å². The standard InChI is InChI=1S/C10H16N2O2S/c1-14-6-2-5-12-10(13)9-4-3-8(7-11)15-9/h3-4H,2,5-7,11H2,1H3,(H,12,13). The van der Waals surface area contributed by atoms with Gasteiger partial charge in [0.1, 0.15) is 0 Å². The molecule has 0 aliphatic carbocycles. The van der Waals surface area contributed by atoms with Gasteiger partial charge in [0.15, 0.2) is 0 Å². The van der Waals surface area contributed by atoms with Crippen LogP contribution in [0.4, 0.5) is 0 Å². The van der Waals surface area contributed by atoms with Crippen LogP contribution in [0.2, 0.25) is 0 Å². The molecule has 0 spiro atoms. The Kier molecular flexibility index (Phi) is 5.31. The van der Waals surface area contributed by atoms with Gasteiger partial charge in [0.25, 0.3) is 5.91 Å². The van der Waals surface area contributed by atoms with E-state index in [2.05, 4.69) is 5.32 Å². The highest BCUT2D eigenvalue weighted by molar-refractivity contribution is 7.14. The Morgan fingerprint density at radius 2 is 2.40 bits per heavy atom. The zero-order chi connectivity index (χ0) is 11.1. The Morgan fingerprint density at radius 3 is 3.00 bits per heavy atom. The summed E-state index contributed by atoms with van der Waals surface area (Å²) in [4.78, 5) is 13.3. The van der Waals surface area contributed by atoms with Crippen LogP contribution in [0.15, 0.2) is 12.1 Å². The first-order valence-corrected chi connectivity index (χ1v) is 5.65. The van der Waals surface area contributed by atoms with Crippen LogP contribution in [0.25, 0.3) is 0 Å². The Labute approximate surface area is 93.4 Å². The predicted octanol–water partition coefficient (Wildman–Crippen LogP) is 0.973. The van der Waals surface area contributed by atoms with Crippen molar-refractivity contribution in [3.05, 3.63) is 21.9 Å². The summed E-state index contributed by atoms with van der Waals surface area (Å²) in [5.74, 6) is -0.0317. The van der Waals surface area contributed by atoms with Crippen molar-refractivity contribution in [1.29, 1.82) is 0 Å². The highest BCUT2D eigenvalue weighted by atomic mass is 32.1. The molecule has 1 aromatic heterocycles. The lowest BCUT2D eigenvalue weighted by molar-refractivity contribution is 0.0952. The van der Waals surface area contributed by atoms with Crippen molar-refractivity contribution < 1.29 is 9.53 Å². The monoisotopic (exact) mass is 228 g/mol. The minimum Gasteiger partial charge on any atom is -0.385 e. The third-order valence-electron chi connectivity index (χ3n) is 1.90. The molecule has 1 heterocycles. The van der Waals surface area contributed by atoms with Gasteiger partial charge in [0.05, 0.1) is 4.88 Å². The molecule has 15 heavy (non-hydrogen) atoms. The molecule has 0 radical (unpaired) electrons. The summed E-state index contributed by atoms with van der Waals surface area (Å²) < 4.78 is 4.89. The molecule has 84 valence electrons. The molecule has 0 aliphatic heterocycles. The molecule has 0 aromatic carbocycles. The maximum Gasteiger partial charge on any atom is 0.261 e. The quantitative estimate of drug-likeness (QED) is 0.713. The lowest BCUT2D eigenvalue weighted by atomic mass is 10.4. The average molecular weight is 228 g/mol. The minimum absolute atomic E-state index is 0.0317. The topological polar surface area (TPSA) is 64.3 Å². The first-order chi connectivity index (χ1) is 7.27. The van der Waals surface area contributed by atoms with Crippen molar-refractivity contribution in [1.82, 2.24) is 5.32 Å². The number of methoxy groups -OCH3 is 1. The SMILES string of the molecule is COCCCNC(=O)c1ccc(CN)s1. The largest absolute Gasteiger partial charge is 0.385 e. The van der Waals surface area contributed by atoms with Crippen LogP contribution in [-0.2, 0) is 11.3 Å². The van der Waals surface area contributed by atoms with Crippen LogP contribution in [0.1, 0.15) is 21.0 Å². The maximum atomic E-state index is 11.6. The number of carbonyl (C=O) groups excluding carboxylic acids is 1. The highest BCUT2D eigenvalue weighted by Crippen LogP contribution is 2.15. The van der Waals surface area contributed by atoms with Crippen molar-refractivity contribution in [2.24, 2.45) is 5.73 Å². The average Bonchev–Trinajstić information content (AvgIpc) is 2.72. The second-order valence-electron chi connectivity index (χ2n) is 3.07. The first kappa shape index (κ1) is 12.2. The summed E-state index contributed by atoms with van der Waals surface area (Å²) >= 11 is 1.44. The second-order valence-corrected chi connectivity index (χ2v) is 4.24. The number of hydrogen-bond donors (Lipinski definition) is 2. The Morgan fingerprint density at radius 1 is 1.60 bits per heavy atom. The van der Waals surface area contributed by atoms with E-state index in [1.54, 1.807) is 13.2 Å². The maximum absolute atomic E-state index is 11.6. The molecule has 4 nitrogen and oxygen atoms in total. The Hall–Kier alpha value is -0.910. The number of nitrogens with one attached hydrogen (secondary N) is 1. The summed E-state index contributed by atoms with van der Waals surface area (Å²) in [6, 6.07) is 3.69. The van der Waals surface area contributed by atoms with Gasteiger partial charge < -0.3 is 15.8 Å².